The molecule has 0 radical (unpaired) electrons. The Bertz CT molecular complexity index is 475. The molecule has 2 aromatic rings. The van der Waals surface area contributed by atoms with Gasteiger partial charge in [0.25, 0.3) is 0 Å². The van der Waals surface area contributed by atoms with Crippen LogP contribution in [0.5, 0.6) is 11.5 Å². The molecule has 2 nitrogen and oxygen atoms in total. The zero-order valence-corrected chi connectivity index (χ0v) is 8.24. The predicted octanol–water partition coefficient (Wildman–Crippen LogP) is 2.86. The summed E-state index contributed by atoms with van der Waals surface area (Å²) in [6.07, 6.45) is 0. The molecule has 0 amide bonds. The minimum atomic E-state index is 0.325. The van der Waals surface area contributed by atoms with Gasteiger partial charge in [0, 0.05) is 0 Å². The van der Waals surface area contributed by atoms with E-state index < -0.39 is 0 Å². The summed E-state index contributed by atoms with van der Waals surface area (Å²) in [5, 5.41) is 11.7. The van der Waals surface area contributed by atoms with Gasteiger partial charge in [0.1, 0.15) is 11.5 Å². The molecule has 2 aromatic carbocycles. The summed E-state index contributed by atoms with van der Waals surface area (Å²) in [6, 6.07) is 9.45. The molecule has 0 saturated heterocycles. The minimum Gasteiger partial charge on any atom is -0.508 e. The molecule has 0 atom stereocenters. The molecular weight excluding hydrogens is 176 g/mol. The van der Waals surface area contributed by atoms with E-state index in [9.17, 15) is 5.11 Å². The second-order valence-corrected chi connectivity index (χ2v) is 3.30. The van der Waals surface area contributed by atoms with Crippen LogP contribution in [0.2, 0.25) is 0 Å². The van der Waals surface area contributed by atoms with Gasteiger partial charge in [-0.05, 0) is 41.5 Å². The van der Waals surface area contributed by atoms with Crippen LogP contribution in [-0.4, -0.2) is 12.2 Å². The summed E-state index contributed by atoms with van der Waals surface area (Å²) < 4.78 is 5.14. The smallest absolute Gasteiger partial charge is 0.119 e. The fourth-order valence-corrected chi connectivity index (χ4v) is 1.56. The molecule has 2 heteroatoms. The van der Waals surface area contributed by atoms with E-state index in [2.05, 4.69) is 0 Å². The highest BCUT2D eigenvalue weighted by Gasteiger charge is 2.02. The maximum absolute atomic E-state index is 9.54. The topological polar surface area (TPSA) is 29.5 Å². The van der Waals surface area contributed by atoms with Gasteiger partial charge in [0.2, 0.25) is 0 Å². The van der Waals surface area contributed by atoms with Crippen molar-refractivity contribution in [3.05, 3.63) is 35.9 Å². The summed E-state index contributed by atoms with van der Waals surface area (Å²) in [6.45, 7) is 1.90. The second kappa shape index (κ2) is 3.22. The molecule has 0 heterocycles. The number of fused-ring (bicyclic) bond motifs is 1. The van der Waals surface area contributed by atoms with Crippen molar-refractivity contribution in [3.63, 3.8) is 0 Å². The summed E-state index contributed by atoms with van der Waals surface area (Å²) in [4.78, 5) is 0. The first kappa shape index (κ1) is 8.88. The first-order chi connectivity index (χ1) is 6.72. The molecule has 2 rings (SSSR count). The van der Waals surface area contributed by atoms with Crippen molar-refractivity contribution in [1.29, 1.82) is 0 Å². The summed E-state index contributed by atoms with van der Waals surface area (Å²) >= 11 is 0. The molecule has 0 unspecified atom stereocenters. The van der Waals surface area contributed by atoms with Crippen LogP contribution in [0, 0.1) is 6.92 Å². The fourth-order valence-electron chi connectivity index (χ4n) is 1.56. The first-order valence-electron chi connectivity index (χ1n) is 4.48. The molecule has 14 heavy (non-hydrogen) atoms. The van der Waals surface area contributed by atoms with Gasteiger partial charge in [0.15, 0.2) is 0 Å². The minimum absolute atomic E-state index is 0.325. The second-order valence-electron chi connectivity index (χ2n) is 3.30. The zero-order chi connectivity index (χ0) is 10.1. The van der Waals surface area contributed by atoms with Crippen LogP contribution in [0.1, 0.15) is 5.56 Å². The van der Waals surface area contributed by atoms with Crippen molar-refractivity contribution in [1.82, 2.24) is 0 Å². The van der Waals surface area contributed by atoms with Gasteiger partial charge in [0.05, 0.1) is 7.11 Å². The van der Waals surface area contributed by atoms with E-state index in [0.717, 1.165) is 22.1 Å². The maximum atomic E-state index is 9.54. The number of rotatable bonds is 1. The van der Waals surface area contributed by atoms with Crippen LogP contribution in [0.3, 0.4) is 0 Å². The molecule has 1 N–H and O–H groups in total. The molecule has 0 saturated carbocycles. The van der Waals surface area contributed by atoms with E-state index in [-0.39, 0.29) is 0 Å². The van der Waals surface area contributed by atoms with Crippen molar-refractivity contribution in [2.75, 3.05) is 7.11 Å². The molecule has 0 aliphatic carbocycles. The zero-order valence-electron chi connectivity index (χ0n) is 8.24. The van der Waals surface area contributed by atoms with Crippen molar-refractivity contribution in [2.45, 2.75) is 6.92 Å². The van der Waals surface area contributed by atoms with Crippen LogP contribution in [0.4, 0.5) is 0 Å². The third-order valence-corrected chi connectivity index (χ3v) is 2.47. The summed E-state index contributed by atoms with van der Waals surface area (Å²) in [5.41, 5.74) is 0.890. The highest BCUT2D eigenvalue weighted by Crippen LogP contribution is 2.28. The Hall–Kier alpha value is -1.70. The SMILES string of the molecule is COc1ccc2ccc(O)c(C)c2c1. The maximum Gasteiger partial charge on any atom is 0.119 e. The lowest BCUT2D eigenvalue weighted by atomic mass is 10.0. The van der Waals surface area contributed by atoms with Gasteiger partial charge in [-0.1, -0.05) is 12.1 Å². The average Bonchev–Trinajstić information content (AvgIpc) is 2.23. The number of aromatic hydroxyl groups is 1. The fraction of sp³-hybridized carbons (Fsp3) is 0.167. The highest BCUT2D eigenvalue weighted by molar-refractivity contribution is 5.88. The summed E-state index contributed by atoms with van der Waals surface area (Å²) in [7, 11) is 1.64. The standard InChI is InChI=1S/C12H12O2/c1-8-11-7-10(14-2)5-3-9(11)4-6-12(8)13/h3-7,13H,1-2H3. The van der Waals surface area contributed by atoms with E-state index in [0.29, 0.717) is 5.75 Å². The van der Waals surface area contributed by atoms with Gasteiger partial charge >= 0.3 is 0 Å². The van der Waals surface area contributed by atoms with Crippen molar-refractivity contribution < 1.29 is 9.84 Å². The Morgan fingerprint density at radius 1 is 1.14 bits per heavy atom. The number of hydrogen-bond acceptors (Lipinski definition) is 2. The molecular formula is C12H12O2. The molecule has 0 aliphatic rings. The van der Waals surface area contributed by atoms with Crippen molar-refractivity contribution in [3.8, 4) is 11.5 Å². The first-order valence-corrected chi connectivity index (χ1v) is 4.48. The Morgan fingerprint density at radius 2 is 1.86 bits per heavy atom. The largest absolute Gasteiger partial charge is 0.508 e. The lowest BCUT2D eigenvalue weighted by Crippen LogP contribution is -1.84. The Kier molecular flexibility index (Phi) is 2.04. The van der Waals surface area contributed by atoms with Gasteiger partial charge < -0.3 is 9.84 Å². The number of methoxy groups -OCH3 is 1. The molecule has 0 bridgehead atoms. The number of aryl methyl sites for hydroxylation is 1. The molecule has 0 aromatic heterocycles. The van der Waals surface area contributed by atoms with Gasteiger partial charge in [-0.3, -0.25) is 0 Å². The Labute approximate surface area is 82.8 Å². The third-order valence-electron chi connectivity index (χ3n) is 2.47. The lowest BCUT2D eigenvalue weighted by Gasteiger charge is -2.06. The molecule has 0 aliphatic heterocycles. The summed E-state index contributed by atoms with van der Waals surface area (Å²) in [5.74, 6) is 1.14. The van der Waals surface area contributed by atoms with Gasteiger partial charge in [-0.25, -0.2) is 0 Å². The van der Waals surface area contributed by atoms with Crippen LogP contribution in [0.25, 0.3) is 10.8 Å². The number of phenolic OH excluding ortho intramolecular Hbond substituents is 1. The average molecular weight is 188 g/mol. The predicted molar refractivity (Wildman–Crippen MR) is 56.9 cm³/mol. The third kappa shape index (κ3) is 1.29. The van der Waals surface area contributed by atoms with Crippen molar-refractivity contribution >= 4 is 10.8 Å². The lowest BCUT2D eigenvalue weighted by molar-refractivity contribution is 0.415. The van der Waals surface area contributed by atoms with Crippen LogP contribution in [0.15, 0.2) is 30.3 Å². The normalized spacial score (nSPS) is 10.4. The molecule has 0 fully saturated rings. The van der Waals surface area contributed by atoms with E-state index in [1.165, 1.54) is 0 Å². The molecule has 72 valence electrons. The van der Waals surface area contributed by atoms with E-state index in [1.807, 2.05) is 31.2 Å². The van der Waals surface area contributed by atoms with Crippen molar-refractivity contribution in [2.24, 2.45) is 0 Å². The van der Waals surface area contributed by atoms with Gasteiger partial charge in [-0.15, -0.1) is 0 Å². The monoisotopic (exact) mass is 188 g/mol. The van der Waals surface area contributed by atoms with Crippen LogP contribution < -0.4 is 4.74 Å². The van der Waals surface area contributed by atoms with Crippen LogP contribution in [-0.2, 0) is 0 Å². The highest BCUT2D eigenvalue weighted by atomic mass is 16.5. The van der Waals surface area contributed by atoms with Crippen LogP contribution >= 0.6 is 0 Å². The van der Waals surface area contributed by atoms with E-state index >= 15 is 0 Å². The quantitative estimate of drug-likeness (QED) is 0.745. The Morgan fingerprint density at radius 3 is 2.57 bits per heavy atom. The molecule has 0 spiro atoms. The van der Waals surface area contributed by atoms with E-state index in [1.54, 1.807) is 13.2 Å². The Balaban J connectivity index is 2.78. The number of benzene rings is 2. The van der Waals surface area contributed by atoms with Gasteiger partial charge in [-0.2, -0.15) is 0 Å². The number of phenols is 1. The number of ether oxygens (including phenoxy) is 1. The van der Waals surface area contributed by atoms with E-state index in [4.69, 9.17) is 4.74 Å². The number of hydrogen-bond donors (Lipinski definition) is 1.